The lowest BCUT2D eigenvalue weighted by molar-refractivity contribution is -0.00977. The summed E-state index contributed by atoms with van der Waals surface area (Å²) in [5, 5.41) is 42.0. The van der Waals surface area contributed by atoms with E-state index in [0.29, 0.717) is 124 Å². The number of hydrogen-bond acceptors (Lipinski definition) is 28. The van der Waals surface area contributed by atoms with Crippen LogP contribution in [0.2, 0.25) is 0 Å². The lowest BCUT2D eigenvalue weighted by atomic mass is 9.87. The molecule has 0 aromatic carbocycles. The van der Waals surface area contributed by atoms with E-state index in [1.54, 1.807) is 61.2 Å². The van der Waals surface area contributed by atoms with Gasteiger partial charge in [-0.15, -0.1) is 15.3 Å². The van der Waals surface area contributed by atoms with Crippen molar-refractivity contribution in [2.24, 2.45) is 0 Å². The molecule has 6 atom stereocenters. The summed E-state index contributed by atoms with van der Waals surface area (Å²) in [5.74, 6) is 6.91. The van der Waals surface area contributed by atoms with Crippen molar-refractivity contribution in [2.75, 3.05) is 126 Å². The third kappa shape index (κ3) is 15.7. The van der Waals surface area contributed by atoms with Crippen molar-refractivity contribution in [3.8, 4) is 86.5 Å². The Morgan fingerprint density at radius 3 is 1.18 bits per heavy atom. The van der Waals surface area contributed by atoms with Crippen molar-refractivity contribution in [1.82, 2.24) is 73.4 Å². The molecule has 12 aromatic heterocycles. The van der Waals surface area contributed by atoms with Crippen LogP contribution in [-0.4, -0.2) is 210 Å². The Labute approximate surface area is 669 Å². The number of methoxy groups -OCH3 is 3. The third-order valence-electron chi connectivity index (χ3n) is 22.2. The zero-order valence-electron chi connectivity index (χ0n) is 65.3. The van der Waals surface area contributed by atoms with Crippen LogP contribution in [0.1, 0.15) is 73.5 Å². The number of pyridine rings is 9. The average molecular weight is 1570 g/mol. The molecule has 9 saturated heterocycles. The summed E-state index contributed by atoms with van der Waals surface area (Å²) >= 11 is 0. The Kier molecular flexibility index (Phi) is 22.2. The minimum atomic E-state index is -0.611. The molecule has 0 spiro atoms. The predicted octanol–water partition coefficient (Wildman–Crippen LogP) is 9.70. The molecule has 0 aliphatic carbocycles. The Morgan fingerprint density at radius 2 is 0.845 bits per heavy atom. The zero-order chi connectivity index (χ0) is 80.3. The van der Waals surface area contributed by atoms with Gasteiger partial charge in [0.25, 0.3) is 0 Å². The molecule has 594 valence electrons. The van der Waals surface area contributed by atoms with Crippen LogP contribution in [0, 0.1) is 34.0 Å². The van der Waals surface area contributed by atoms with Gasteiger partial charge >= 0.3 is 0 Å². The number of nitrogens with zero attached hydrogens (tertiary/aromatic N) is 21. The summed E-state index contributed by atoms with van der Waals surface area (Å²) in [4.78, 5) is 42.3. The number of ether oxygens (including phenoxy) is 7. The first kappa shape index (κ1) is 76.8. The molecular formula is C84H89FN24O7. The van der Waals surface area contributed by atoms with Crippen LogP contribution < -0.4 is 60.3 Å². The van der Waals surface area contributed by atoms with E-state index in [4.69, 9.17) is 65.3 Å². The molecule has 116 heavy (non-hydrogen) atoms. The van der Waals surface area contributed by atoms with Gasteiger partial charge in [0, 0.05) is 178 Å². The van der Waals surface area contributed by atoms with Crippen LogP contribution in [0.3, 0.4) is 0 Å². The van der Waals surface area contributed by atoms with Gasteiger partial charge in [-0.1, -0.05) is 18.2 Å². The van der Waals surface area contributed by atoms with E-state index in [1.165, 1.54) is 34.9 Å². The minimum absolute atomic E-state index is 0.0761. The van der Waals surface area contributed by atoms with E-state index < -0.39 is 6.67 Å². The molecule has 0 radical (unpaired) electrons. The molecule has 9 aliphatic rings. The van der Waals surface area contributed by atoms with Gasteiger partial charge in [-0.05, 0) is 112 Å². The number of nitrogen functional groups attached to an aromatic ring is 3. The van der Waals surface area contributed by atoms with Gasteiger partial charge in [0.1, 0.15) is 89.5 Å². The highest BCUT2D eigenvalue weighted by molar-refractivity contribution is 5.91. The number of fused-ring (bicyclic) bond motifs is 9. The summed E-state index contributed by atoms with van der Waals surface area (Å²) in [6.07, 6.45) is 18.0. The highest BCUT2D eigenvalue weighted by atomic mass is 19.1. The standard InChI is InChI=1S/C30H34N8O3.C27H27FN8O2.C27H28N8O2/c1-19(2)40-8-9-41-24-11-25(29-26(12-31)30(32)35-38(29)18-24)21-5-6-27(33-14-21)36-16-22-10-23(17-36)37(22)15-20-4-7-28(39-3)34-13-20;1-37-25-5-2-17(11-32-25)13-35-19-8-20(35)15-34(14-19)24-4-3-18(12-31-24)22-9-21(38-7-6-28)16-36-26(22)23(10-29)27(30)33-36;1-3-37-21-10-22(26-23(11-28)27(29)32-35(26)16-21)17-7-8-24(30-12-17)33-14-19-9-20(15-33)34(19)13-18-5-4-6-25(31-18)36-2/h4-7,11,13-14,18-19,22-23H,8-10,15-17H2,1-3H3,(H2,32,35);2-5,9,11-12,16,19-20H,6-8,13-15H2,1H3,(H2,30,33);4-8,10,12,16,19-20H,3,9,13-15H2,1-2H3,(H2,29,32). The molecule has 6 unspecified atom stereocenters. The Bertz CT molecular complexity index is 5620. The zero-order valence-corrected chi connectivity index (χ0v) is 65.3. The van der Waals surface area contributed by atoms with Gasteiger partial charge in [-0.3, -0.25) is 14.7 Å². The number of rotatable bonds is 25. The van der Waals surface area contributed by atoms with Gasteiger partial charge in [-0.25, -0.2) is 47.8 Å². The van der Waals surface area contributed by atoms with Crippen molar-refractivity contribution in [3.63, 3.8) is 0 Å². The molecule has 21 rings (SSSR count). The fourth-order valence-electron chi connectivity index (χ4n) is 16.6. The number of halogens is 1. The van der Waals surface area contributed by atoms with E-state index >= 15 is 0 Å². The quantitative estimate of drug-likeness (QED) is 0.0448. The van der Waals surface area contributed by atoms with E-state index in [-0.39, 0.29) is 35.7 Å². The van der Waals surface area contributed by atoms with Crippen molar-refractivity contribution < 1.29 is 37.5 Å². The maximum atomic E-state index is 12.7. The van der Waals surface area contributed by atoms with Crippen LogP contribution in [0.4, 0.5) is 39.3 Å². The lowest BCUT2D eigenvalue weighted by Crippen LogP contribution is -2.68. The number of piperidine rings is 3. The lowest BCUT2D eigenvalue weighted by Gasteiger charge is -2.56. The number of alkyl halides is 1. The van der Waals surface area contributed by atoms with Crippen LogP contribution in [0.5, 0.6) is 34.9 Å². The van der Waals surface area contributed by atoms with Gasteiger partial charge in [0.15, 0.2) is 17.5 Å². The molecule has 12 aromatic rings. The van der Waals surface area contributed by atoms with Gasteiger partial charge in [-0.2, -0.15) is 15.8 Å². The van der Waals surface area contributed by atoms with E-state index in [9.17, 15) is 20.2 Å². The highest BCUT2D eigenvalue weighted by Gasteiger charge is 2.47. The molecule has 6 N–H and O–H groups in total. The molecular weight excluding hydrogens is 1480 g/mol. The number of piperazine rings is 3. The number of nitrogens with two attached hydrogens (primary N) is 3. The molecule has 32 heteroatoms. The molecule has 0 saturated carbocycles. The number of aromatic nitrogens is 12. The Morgan fingerprint density at radius 1 is 0.457 bits per heavy atom. The molecule has 6 bridgehead atoms. The van der Waals surface area contributed by atoms with Crippen molar-refractivity contribution >= 4 is 51.5 Å². The maximum Gasteiger partial charge on any atom is 0.213 e. The van der Waals surface area contributed by atoms with Crippen LogP contribution >= 0.6 is 0 Å². The monoisotopic (exact) mass is 1560 g/mol. The molecule has 9 aliphatic heterocycles. The van der Waals surface area contributed by atoms with Gasteiger partial charge < -0.3 is 65.1 Å². The summed E-state index contributed by atoms with van der Waals surface area (Å²) in [5.41, 5.74) is 29.1. The number of nitriles is 3. The topological polar surface area (TPSA) is 363 Å². The second kappa shape index (κ2) is 33.5. The average Bonchev–Trinajstić information content (AvgIpc) is 1.27. The van der Waals surface area contributed by atoms with Crippen molar-refractivity contribution in [2.45, 2.75) is 102 Å². The summed E-state index contributed by atoms with van der Waals surface area (Å²) in [7, 11) is 4.90. The van der Waals surface area contributed by atoms with E-state index in [0.717, 1.165) is 110 Å². The van der Waals surface area contributed by atoms with Gasteiger partial charge in [0.2, 0.25) is 17.6 Å². The van der Waals surface area contributed by atoms with E-state index in [2.05, 4.69) is 96.1 Å². The minimum Gasteiger partial charge on any atom is -0.492 e. The number of hydrogen-bond donors (Lipinski definition) is 3. The highest BCUT2D eigenvalue weighted by Crippen LogP contribution is 2.42. The predicted molar refractivity (Wildman–Crippen MR) is 434 cm³/mol. The molecule has 9 fully saturated rings. The fourth-order valence-corrected chi connectivity index (χ4v) is 16.6. The maximum absolute atomic E-state index is 12.7. The Balaban J connectivity index is 0.000000131. The largest absolute Gasteiger partial charge is 0.492 e. The first-order valence-electron chi connectivity index (χ1n) is 38.7. The molecule has 31 nitrogen and oxygen atoms in total. The SMILES string of the molecule is CCOc1cc(-c2ccc(N3CC4CC(C3)N4Cc3cccc(OC)n3)nc2)c2c(C#N)c(N)nn2c1.COc1ccc(CN2C3CC2CN(c2ccc(-c4cc(OCCF)cn5nc(N)c(C#N)c45)cn2)C3)cn1.COc1ccc(CN2C3CC2CN(c2ccc(-c4cc(OCCOC(C)C)cn5nc(N)c(C#N)c45)cn2)C3)cn1. The van der Waals surface area contributed by atoms with Crippen LogP contribution in [0.25, 0.3) is 49.9 Å². The summed E-state index contributed by atoms with van der Waals surface area (Å²) < 4.78 is 55.9. The Hall–Kier alpha value is -13.2. The second-order valence-corrected chi connectivity index (χ2v) is 29.7. The third-order valence-corrected chi connectivity index (χ3v) is 22.2. The van der Waals surface area contributed by atoms with Gasteiger partial charge in [0.05, 0.1) is 81.5 Å². The molecule has 0 amide bonds. The van der Waals surface area contributed by atoms with Crippen molar-refractivity contribution in [3.05, 3.63) is 180 Å². The first-order valence-corrected chi connectivity index (χ1v) is 38.7. The molecule has 21 heterocycles. The fraction of sp³-hybridized carbons (Fsp3) is 0.357. The van der Waals surface area contributed by atoms with Crippen LogP contribution in [-0.2, 0) is 24.4 Å². The smallest absolute Gasteiger partial charge is 0.213 e. The summed E-state index contributed by atoms with van der Waals surface area (Å²) in [6.45, 7) is 14.7. The first-order chi connectivity index (χ1) is 56.6. The summed E-state index contributed by atoms with van der Waals surface area (Å²) in [6, 6.07) is 41.0. The van der Waals surface area contributed by atoms with Crippen molar-refractivity contribution in [1.29, 1.82) is 15.8 Å². The second-order valence-electron chi connectivity index (χ2n) is 29.7. The van der Waals surface area contributed by atoms with Crippen LogP contribution in [0.15, 0.2) is 147 Å². The normalized spacial score (nSPS) is 18.6. The number of anilines is 6. The van der Waals surface area contributed by atoms with E-state index in [1.807, 2.05) is 118 Å².